The van der Waals surface area contributed by atoms with Crippen LogP contribution < -0.4 is 0 Å². The van der Waals surface area contributed by atoms with E-state index in [-0.39, 0.29) is 0 Å². The van der Waals surface area contributed by atoms with Crippen LogP contribution >= 0.6 is 0 Å². The molecule has 11 aromatic heterocycles. The minimum atomic E-state index is 0.843. The van der Waals surface area contributed by atoms with Gasteiger partial charge in [0.25, 0.3) is 0 Å². The van der Waals surface area contributed by atoms with Crippen molar-refractivity contribution >= 4 is 66.1 Å². The van der Waals surface area contributed by atoms with E-state index >= 15 is 0 Å². The molecule has 0 fully saturated rings. The van der Waals surface area contributed by atoms with E-state index in [0.29, 0.717) is 0 Å². The van der Waals surface area contributed by atoms with E-state index in [1.807, 2.05) is 189 Å². The molecule has 0 radical (unpaired) electrons. The third kappa shape index (κ3) is 18.0. The molecule has 0 amide bonds. The van der Waals surface area contributed by atoms with Gasteiger partial charge in [0, 0.05) is 102 Å². The van der Waals surface area contributed by atoms with Gasteiger partial charge in [-0.1, -0.05) is 95.2 Å². The molecule has 456 valence electrons. The normalized spacial score (nSPS) is 9.79. The summed E-state index contributed by atoms with van der Waals surface area (Å²) in [7, 11) is 12.3. The second-order valence-corrected chi connectivity index (χ2v) is 18.6. The second-order valence-electron chi connectivity index (χ2n) is 18.6. The summed E-state index contributed by atoms with van der Waals surface area (Å²) in [4.78, 5) is 38.4. The van der Waals surface area contributed by atoms with E-state index in [0.717, 1.165) is 67.9 Å². The first-order chi connectivity index (χ1) is 40.2. The lowest BCUT2D eigenvalue weighted by molar-refractivity contribution is 0.880. The van der Waals surface area contributed by atoms with Crippen LogP contribution in [0.4, 0.5) is 0 Å². The zero-order valence-corrected chi connectivity index (χ0v) is 57.4. The lowest BCUT2D eigenvalue weighted by atomic mass is 10.2. The van der Waals surface area contributed by atoms with Gasteiger partial charge >= 0.3 is 0 Å². The van der Waals surface area contributed by atoms with E-state index in [1.165, 1.54) is 66.5 Å². The molecule has 0 N–H and O–H groups in total. The third-order valence-corrected chi connectivity index (χ3v) is 13.6. The Labute approximate surface area is 504 Å². The van der Waals surface area contributed by atoms with Crippen LogP contribution in [0.5, 0.6) is 0 Å². The molecule has 0 atom stereocenters. The summed E-state index contributed by atoms with van der Waals surface area (Å²) in [5.74, 6) is 4.13. The molecule has 0 saturated carbocycles. The van der Waals surface area contributed by atoms with E-state index in [9.17, 15) is 0 Å². The zero-order chi connectivity index (χ0) is 64.3. The van der Waals surface area contributed by atoms with Crippen LogP contribution in [-0.2, 0) is 42.3 Å². The molecule has 0 aliphatic carbocycles. The van der Waals surface area contributed by atoms with E-state index in [4.69, 9.17) is 0 Å². The molecule has 0 aliphatic heterocycles. The predicted octanol–water partition coefficient (Wildman–Crippen LogP) is 17.5. The Morgan fingerprint density at radius 2 is 0.690 bits per heavy atom. The maximum atomic E-state index is 4.44. The number of aromatic nitrogens is 15. The first-order valence-corrected chi connectivity index (χ1v) is 30.1. The molecule has 0 spiro atoms. The van der Waals surface area contributed by atoms with Crippen LogP contribution in [0.2, 0.25) is 0 Å². The molecule has 11 heterocycles. The number of nitrogens with zero attached hydrogens (tertiary/aromatic N) is 15. The fraction of sp³-hybridized carbons (Fsp3) is 0.435. The van der Waals surface area contributed by atoms with Crippen LogP contribution in [0.3, 0.4) is 0 Å². The Kier molecular flexibility index (Phi) is 32.1. The lowest BCUT2D eigenvalue weighted by Gasteiger charge is -2.00. The Morgan fingerprint density at radius 3 is 1.18 bits per heavy atom. The largest absolute Gasteiger partial charge is 0.348 e. The highest BCUT2D eigenvalue weighted by molar-refractivity contribution is 5.84. The molecule has 1 aromatic carbocycles. The average Bonchev–Trinajstić information content (AvgIpc) is 4.53. The molecule has 84 heavy (non-hydrogen) atoms. The number of hydrogen-bond donors (Lipinski definition) is 0. The number of para-hydroxylation sites is 1. The second kappa shape index (κ2) is 36.5. The van der Waals surface area contributed by atoms with E-state index < -0.39 is 0 Å². The van der Waals surface area contributed by atoms with Crippen molar-refractivity contribution in [2.75, 3.05) is 0 Å². The van der Waals surface area contributed by atoms with Crippen LogP contribution in [0.1, 0.15) is 151 Å². The monoisotopic (exact) mass is 1140 g/mol. The van der Waals surface area contributed by atoms with Crippen molar-refractivity contribution < 1.29 is 0 Å². The van der Waals surface area contributed by atoms with Crippen molar-refractivity contribution in [2.45, 2.75) is 166 Å². The average molecular weight is 1140 g/mol. The standard InChI is InChI=1S/3C10H12N2.3C9H11N3.6C2H6/c1-7-5-11-6-9-4-8(2)12(3)10(7)9;1-7-6-9-4-5-11-8(2)10(9)12(7)3;1-7-5-4-6-9-10(7)12(3)8(2)11-9;1-6-4-10-5-8-9(6)12(3)7(2)11-8;1-6-9-8(4-5-10-6)11-7(2)12(9)3;1-6-4-5-10-9-8(6)12(3)7(2)11-9;6*1-2/h3*4-6H,1-3H3;3*4-5H,1-3H3;6*1-2H3. The molecule has 0 unspecified atom stereocenters. The fourth-order valence-corrected chi connectivity index (χ4v) is 9.21. The molecular formula is C69H105N15. The molecule has 15 nitrogen and oxygen atoms in total. The van der Waals surface area contributed by atoms with E-state index in [2.05, 4.69) is 165 Å². The maximum Gasteiger partial charge on any atom is 0.178 e. The summed E-state index contributed by atoms with van der Waals surface area (Å²) in [6.07, 6.45) is 12.9. The van der Waals surface area contributed by atoms with Crippen molar-refractivity contribution in [3.63, 3.8) is 0 Å². The van der Waals surface area contributed by atoms with Crippen LogP contribution in [0.25, 0.3) is 66.1 Å². The highest BCUT2D eigenvalue weighted by atomic mass is 15.1. The maximum absolute atomic E-state index is 4.44. The molecule has 0 bridgehead atoms. The quantitative estimate of drug-likeness (QED) is 0.145. The first-order valence-electron chi connectivity index (χ1n) is 30.1. The highest BCUT2D eigenvalue weighted by Crippen LogP contribution is 2.23. The van der Waals surface area contributed by atoms with Crippen molar-refractivity contribution in [3.8, 4) is 0 Å². The number of rotatable bonds is 0. The SMILES string of the molecule is CC.CC.CC.CC.CC.CC.Cc1cccc2nc(C)n(C)c12.Cc1ccnc2nc(C)n(C)c12.Cc1cncc2cc(C)n(C)c12.Cc1cncc2nc(C)n(C)c12.Cc1nccc2cc(C)n(C)c12.Cc1nccc2nc(C)n(C)c12. The van der Waals surface area contributed by atoms with Gasteiger partial charge in [0.05, 0.1) is 61.7 Å². The summed E-state index contributed by atoms with van der Waals surface area (Å²) in [6, 6.07) is 16.6. The molecule has 15 heteroatoms. The van der Waals surface area contributed by atoms with Gasteiger partial charge < -0.3 is 27.4 Å². The van der Waals surface area contributed by atoms with Gasteiger partial charge in [-0.05, 0) is 142 Å². The Morgan fingerprint density at radius 1 is 0.298 bits per heavy atom. The van der Waals surface area contributed by atoms with Gasteiger partial charge in [0.1, 0.15) is 28.8 Å². The summed E-state index contributed by atoms with van der Waals surface area (Å²) in [5.41, 5.74) is 20.8. The van der Waals surface area contributed by atoms with Gasteiger partial charge in [-0.25, -0.2) is 24.9 Å². The van der Waals surface area contributed by atoms with Crippen LogP contribution in [0.15, 0.2) is 91.9 Å². The van der Waals surface area contributed by atoms with Gasteiger partial charge in [-0.3, -0.25) is 19.9 Å². The summed E-state index contributed by atoms with van der Waals surface area (Å²) < 4.78 is 12.7. The number of fused-ring (bicyclic) bond motifs is 6. The van der Waals surface area contributed by atoms with Gasteiger partial charge in [0.15, 0.2) is 5.65 Å². The third-order valence-electron chi connectivity index (χ3n) is 13.6. The summed E-state index contributed by atoms with van der Waals surface area (Å²) >= 11 is 0. The molecule has 0 saturated heterocycles. The fourth-order valence-electron chi connectivity index (χ4n) is 9.21. The smallest absolute Gasteiger partial charge is 0.178 e. The predicted molar refractivity (Wildman–Crippen MR) is 363 cm³/mol. The Bertz CT molecular complexity index is 3220. The number of aryl methyl sites for hydroxylation is 18. The van der Waals surface area contributed by atoms with Crippen molar-refractivity contribution in [3.05, 3.63) is 160 Å². The molecule has 12 rings (SSSR count). The minimum Gasteiger partial charge on any atom is -0.348 e. The van der Waals surface area contributed by atoms with Crippen molar-refractivity contribution in [1.82, 2.24) is 72.3 Å². The van der Waals surface area contributed by atoms with Gasteiger partial charge in [0.2, 0.25) is 0 Å². The highest BCUT2D eigenvalue weighted by Gasteiger charge is 2.10. The zero-order valence-electron chi connectivity index (χ0n) is 57.4. The lowest BCUT2D eigenvalue weighted by Crippen LogP contribution is -1.93. The topological polar surface area (TPSA) is 146 Å². The van der Waals surface area contributed by atoms with Gasteiger partial charge in [-0.2, -0.15) is 0 Å². The number of benzene rings is 1. The van der Waals surface area contributed by atoms with Crippen molar-refractivity contribution in [1.29, 1.82) is 0 Å². The minimum absolute atomic E-state index is 0.843. The summed E-state index contributed by atoms with van der Waals surface area (Å²) in [5, 5.41) is 2.51. The summed E-state index contributed by atoms with van der Waals surface area (Å²) in [6.45, 7) is 48.6. The molecule has 12 aromatic rings. The number of pyridine rings is 5. The first kappa shape index (κ1) is 73.9. The van der Waals surface area contributed by atoms with Crippen molar-refractivity contribution in [2.24, 2.45) is 42.3 Å². The van der Waals surface area contributed by atoms with Crippen LogP contribution in [-0.4, -0.2) is 72.3 Å². The molecule has 0 aliphatic rings. The number of hydrogen-bond acceptors (Lipinski definition) is 9. The Balaban J connectivity index is 0.000000486. The van der Waals surface area contributed by atoms with Crippen LogP contribution in [0, 0.1) is 83.1 Å². The Hall–Kier alpha value is -8.07. The van der Waals surface area contributed by atoms with Gasteiger partial charge in [-0.15, -0.1) is 0 Å². The number of imidazole rings is 4. The molecular weight excluding hydrogens is 1040 g/mol. The van der Waals surface area contributed by atoms with E-state index in [1.54, 1.807) is 18.6 Å².